The van der Waals surface area contributed by atoms with Crippen molar-refractivity contribution in [1.29, 1.82) is 0 Å². The molecule has 1 rings (SSSR count). The lowest BCUT2D eigenvalue weighted by Gasteiger charge is -2.25. The average molecular weight is 197 g/mol. The van der Waals surface area contributed by atoms with E-state index in [1.807, 2.05) is 16.7 Å². The Hall–Kier alpha value is 0.0700. The fraction of sp³-hybridized carbons (Fsp3) is 0.833. The number of carbonyl (C=O) groups excluding carboxylic acids is 1. The quantitative estimate of drug-likeness (QED) is 0.640. The standard InChI is InChI=1S/C6H12N2OS.ClH/c7-5-6(9)8-1-3-10-4-2-8;/h1-5,7H2;1H. The molecule has 0 atom stereocenters. The maximum Gasteiger partial charge on any atom is 0.236 e. The van der Waals surface area contributed by atoms with Gasteiger partial charge in [0.05, 0.1) is 6.54 Å². The highest BCUT2D eigenvalue weighted by Crippen LogP contribution is 2.08. The maximum atomic E-state index is 11.0. The zero-order valence-corrected chi connectivity index (χ0v) is 7.92. The highest BCUT2D eigenvalue weighted by molar-refractivity contribution is 7.99. The molecule has 1 aliphatic heterocycles. The first-order valence-electron chi connectivity index (χ1n) is 3.40. The van der Waals surface area contributed by atoms with Gasteiger partial charge in [-0.3, -0.25) is 4.79 Å². The first kappa shape index (κ1) is 11.1. The summed E-state index contributed by atoms with van der Waals surface area (Å²) in [5.74, 6) is 2.21. The van der Waals surface area contributed by atoms with Crippen LogP contribution < -0.4 is 5.73 Å². The van der Waals surface area contributed by atoms with E-state index in [4.69, 9.17) is 5.73 Å². The topological polar surface area (TPSA) is 46.3 Å². The van der Waals surface area contributed by atoms with Crippen molar-refractivity contribution in [3.63, 3.8) is 0 Å². The van der Waals surface area contributed by atoms with Crippen LogP contribution >= 0.6 is 24.2 Å². The first-order chi connectivity index (χ1) is 4.84. The van der Waals surface area contributed by atoms with Crippen LogP contribution in [0, 0.1) is 0 Å². The van der Waals surface area contributed by atoms with Crippen molar-refractivity contribution in [2.75, 3.05) is 31.1 Å². The minimum atomic E-state index is 0. The van der Waals surface area contributed by atoms with Crippen LogP contribution in [0.3, 0.4) is 0 Å². The van der Waals surface area contributed by atoms with E-state index >= 15 is 0 Å². The Balaban J connectivity index is 0.000001000. The summed E-state index contributed by atoms with van der Waals surface area (Å²) in [6.45, 7) is 1.91. The molecular weight excluding hydrogens is 184 g/mol. The lowest BCUT2D eigenvalue weighted by Crippen LogP contribution is -2.41. The summed E-state index contributed by atoms with van der Waals surface area (Å²) in [4.78, 5) is 12.8. The summed E-state index contributed by atoms with van der Waals surface area (Å²) in [5, 5.41) is 0. The summed E-state index contributed by atoms with van der Waals surface area (Å²) >= 11 is 1.89. The van der Waals surface area contributed by atoms with Crippen LogP contribution in [-0.2, 0) is 4.79 Å². The third kappa shape index (κ3) is 3.31. The molecule has 66 valence electrons. The molecule has 5 heteroatoms. The van der Waals surface area contributed by atoms with Gasteiger partial charge in [-0.25, -0.2) is 0 Å². The highest BCUT2D eigenvalue weighted by atomic mass is 35.5. The Bertz CT molecular complexity index is 128. The Morgan fingerprint density at radius 2 is 2.00 bits per heavy atom. The number of nitrogens with zero attached hydrogens (tertiary/aromatic N) is 1. The molecule has 3 nitrogen and oxygen atoms in total. The van der Waals surface area contributed by atoms with Gasteiger partial charge in [-0.1, -0.05) is 0 Å². The Labute approximate surface area is 77.1 Å². The Kier molecular flexibility index (Phi) is 5.72. The van der Waals surface area contributed by atoms with Crippen LogP contribution in [-0.4, -0.2) is 41.9 Å². The van der Waals surface area contributed by atoms with E-state index in [0.29, 0.717) is 0 Å². The lowest BCUT2D eigenvalue weighted by atomic mass is 10.4. The van der Waals surface area contributed by atoms with E-state index in [9.17, 15) is 4.79 Å². The molecule has 0 spiro atoms. The van der Waals surface area contributed by atoms with Crippen molar-refractivity contribution in [2.24, 2.45) is 5.73 Å². The van der Waals surface area contributed by atoms with Crippen molar-refractivity contribution < 1.29 is 4.79 Å². The average Bonchev–Trinajstić information content (AvgIpc) is 2.05. The normalized spacial score (nSPS) is 17.4. The summed E-state index contributed by atoms with van der Waals surface area (Å²) < 4.78 is 0. The largest absolute Gasteiger partial charge is 0.340 e. The van der Waals surface area contributed by atoms with Crippen molar-refractivity contribution in [1.82, 2.24) is 4.90 Å². The van der Waals surface area contributed by atoms with E-state index in [2.05, 4.69) is 0 Å². The van der Waals surface area contributed by atoms with Gasteiger partial charge in [-0.2, -0.15) is 11.8 Å². The molecule has 0 aromatic carbocycles. The summed E-state index contributed by atoms with van der Waals surface area (Å²) in [6, 6.07) is 0. The fourth-order valence-corrected chi connectivity index (χ4v) is 1.84. The van der Waals surface area contributed by atoms with Crippen LogP contribution in [0.4, 0.5) is 0 Å². The third-order valence-corrected chi connectivity index (χ3v) is 2.48. The molecule has 0 bridgehead atoms. The summed E-state index contributed by atoms with van der Waals surface area (Å²) in [5.41, 5.74) is 5.20. The third-order valence-electron chi connectivity index (χ3n) is 1.54. The van der Waals surface area contributed by atoms with E-state index < -0.39 is 0 Å². The number of thioether (sulfide) groups is 1. The minimum Gasteiger partial charge on any atom is -0.340 e. The second kappa shape index (κ2) is 5.69. The molecule has 1 heterocycles. The molecule has 1 fully saturated rings. The van der Waals surface area contributed by atoms with Gasteiger partial charge in [0.15, 0.2) is 0 Å². The van der Waals surface area contributed by atoms with Gasteiger partial charge in [0, 0.05) is 24.6 Å². The van der Waals surface area contributed by atoms with E-state index in [-0.39, 0.29) is 24.9 Å². The van der Waals surface area contributed by atoms with Gasteiger partial charge in [-0.05, 0) is 0 Å². The van der Waals surface area contributed by atoms with Crippen molar-refractivity contribution in [3.8, 4) is 0 Å². The predicted octanol–water partition coefficient (Wildman–Crippen LogP) is -0.0577. The molecule has 1 amide bonds. The van der Waals surface area contributed by atoms with Crippen LogP contribution in [0.25, 0.3) is 0 Å². The monoisotopic (exact) mass is 196 g/mol. The van der Waals surface area contributed by atoms with Crippen molar-refractivity contribution in [3.05, 3.63) is 0 Å². The van der Waals surface area contributed by atoms with Gasteiger partial charge in [0.1, 0.15) is 0 Å². The predicted molar refractivity (Wildman–Crippen MR) is 50.2 cm³/mol. The molecule has 0 aromatic rings. The fourth-order valence-electron chi connectivity index (χ4n) is 0.942. The lowest BCUT2D eigenvalue weighted by molar-refractivity contribution is -0.129. The van der Waals surface area contributed by atoms with Crippen molar-refractivity contribution in [2.45, 2.75) is 0 Å². The zero-order valence-electron chi connectivity index (χ0n) is 6.28. The number of carbonyl (C=O) groups is 1. The minimum absolute atomic E-state index is 0. The molecule has 2 N–H and O–H groups in total. The smallest absolute Gasteiger partial charge is 0.236 e. The first-order valence-corrected chi connectivity index (χ1v) is 4.55. The zero-order chi connectivity index (χ0) is 7.40. The number of nitrogens with two attached hydrogens (primary N) is 1. The van der Waals surface area contributed by atoms with E-state index in [1.165, 1.54) is 0 Å². The highest BCUT2D eigenvalue weighted by Gasteiger charge is 2.14. The molecule has 1 saturated heterocycles. The molecule has 0 aromatic heterocycles. The van der Waals surface area contributed by atoms with E-state index in [0.717, 1.165) is 24.6 Å². The number of rotatable bonds is 1. The van der Waals surface area contributed by atoms with E-state index in [1.54, 1.807) is 0 Å². The van der Waals surface area contributed by atoms with Crippen LogP contribution in [0.5, 0.6) is 0 Å². The van der Waals surface area contributed by atoms with Gasteiger partial charge in [-0.15, -0.1) is 12.4 Å². The van der Waals surface area contributed by atoms with Gasteiger partial charge in [0.25, 0.3) is 0 Å². The van der Waals surface area contributed by atoms with Crippen LogP contribution in [0.15, 0.2) is 0 Å². The molecular formula is C6H13ClN2OS. The molecule has 0 unspecified atom stereocenters. The number of halogens is 1. The number of hydrogen-bond acceptors (Lipinski definition) is 3. The van der Waals surface area contributed by atoms with Crippen molar-refractivity contribution >= 4 is 30.1 Å². The molecule has 0 saturated carbocycles. The maximum absolute atomic E-state index is 11.0. The van der Waals surface area contributed by atoms with Gasteiger partial charge < -0.3 is 10.6 Å². The van der Waals surface area contributed by atoms with Crippen LogP contribution in [0.2, 0.25) is 0 Å². The molecule has 0 aliphatic carbocycles. The SMILES string of the molecule is Cl.NCC(=O)N1CCSCC1. The summed E-state index contributed by atoms with van der Waals surface area (Å²) in [6.07, 6.45) is 0. The van der Waals surface area contributed by atoms with Crippen LogP contribution in [0.1, 0.15) is 0 Å². The van der Waals surface area contributed by atoms with Gasteiger partial charge >= 0.3 is 0 Å². The van der Waals surface area contributed by atoms with Gasteiger partial charge in [0.2, 0.25) is 5.91 Å². The molecule has 11 heavy (non-hydrogen) atoms. The molecule has 0 radical (unpaired) electrons. The Morgan fingerprint density at radius 1 is 1.45 bits per heavy atom. The number of hydrogen-bond donors (Lipinski definition) is 1. The number of amides is 1. The molecule has 1 aliphatic rings. The second-order valence-corrected chi connectivity index (χ2v) is 3.42. The second-order valence-electron chi connectivity index (χ2n) is 2.20. The Morgan fingerprint density at radius 3 is 2.45 bits per heavy atom. The summed E-state index contributed by atoms with van der Waals surface area (Å²) in [7, 11) is 0.